The SMILES string of the molecule is C=CCN(CCO)c1ncc(CO)c(C)n1. The van der Waals surface area contributed by atoms with Crippen LogP contribution in [0.3, 0.4) is 0 Å². The maximum Gasteiger partial charge on any atom is 0.225 e. The molecule has 0 aliphatic rings. The standard InChI is InChI=1S/C11H17N3O2/c1-3-4-14(5-6-15)11-12-7-10(8-16)9(2)13-11/h3,7,15-16H,1,4-6,8H2,2H3. The first-order valence-electron chi connectivity index (χ1n) is 5.13. The molecular formula is C11H17N3O2. The van der Waals surface area contributed by atoms with Crippen molar-refractivity contribution in [1.82, 2.24) is 9.97 Å². The zero-order valence-corrected chi connectivity index (χ0v) is 9.43. The lowest BCUT2D eigenvalue weighted by Gasteiger charge is -2.20. The molecule has 1 heterocycles. The molecule has 2 N–H and O–H groups in total. The Morgan fingerprint density at radius 2 is 2.25 bits per heavy atom. The third kappa shape index (κ3) is 3.01. The molecule has 5 nitrogen and oxygen atoms in total. The molecule has 16 heavy (non-hydrogen) atoms. The van der Waals surface area contributed by atoms with E-state index in [0.717, 1.165) is 5.69 Å². The van der Waals surface area contributed by atoms with Gasteiger partial charge in [-0.05, 0) is 6.92 Å². The minimum absolute atomic E-state index is 0.0397. The Labute approximate surface area is 95.1 Å². The Morgan fingerprint density at radius 3 is 2.75 bits per heavy atom. The second kappa shape index (κ2) is 6.19. The molecule has 0 radical (unpaired) electrons. The van der Waals surface area contributed by atoms with Crippen LogP contribution in [-0.4, -0.2) is 39.9 Å². The second-order valence-electron chi connectivity index (χ2n) is 3.40. The Hall–Kier alpha value is -1.46. The summed E-state index contributed by atoms with van der Waals surface area (Å²) in [6, 6.07) is 0. The molecule has 88 valence electrons. The van der Waals surface area contributed by atoms with Crippen molar-refractivity contribution in [2.75, 3.05) is 24.6 Å². The van der Waals surface area contributed by atoms with Gasteiger partial charge in [0.1, 0.15) is 0 Å². The van der Waals surface area contributed by atoms with Crippen LogP contribution in [0.1, 0.15) is 11.3 Å². The summed E-state index contributed by atoms with van der Waals surface area (Å²) in [5.74, 6) is 0.545. The Kier molecular flexibility index (Phi) is 4.88. The van der Waals surface area contributed by atoms with Gasteiger partial charge in [-0.25, -0.2) is 9.97 Å². The molecule has 0 amide bonds. The van der Waals surface area contributed by atoms with E-state index in [-0.39, 0.29) is 13.2 Å². The minimum atomic E-state index is -0.0619. The molecule has 1 rings (SSSR count). The molecule has 0 atom stereocenters. The highest BCUT2D eigenvalue weighted by Gasteiger charge is 2.09. The number of aliphatic hydroxyl groups is 2. The van der Waals surface area contributed by atoms with Crippen LogP contribution in [-0.2, 0) is 6.61 Å². The van der Waals surface area contributed by atoms with E-state index in [1.165, 1.54) is 0 Å². The normalized spacial score (nSPS) is 10.2. The second-order valence-corrected chi connectivity index (χ2v) is 3.40. The number of hydrogen-bond acceptors (Lipinski definition) is 5. The number of aryl methyl sites for hydroxylation is 1. The molecule has 0 spiro atoms. The van der Waals surface area contributed by atoms with E-state index in [1.807, 2.05) is 11.8 Å². The fourth-order valence-corrected chi connectivity index (χ4v) is 1.34. The van der Waals surface area contributed by atoms with Gasteiger partial charge in [0.15, 0.2) is 0 Å². The monoisotopic (exact) mass is 223 g/mol. The lowest BCUT2D eigenvalue weighted by Crippen LogP contribution is -2.28. The number of hydrogen-bond donors (Lipinski definition) is 2. The maximum absolute atomic E-state index is 9.00. The average Bonchev–Trinajstić information content (AvgIpc) is 2.28. The van der Waals surface area contributed by atoms with E-state index < -0.39 is 0 Å². The first-order chi connectivity index (χ1) is 7.72. The van der Waals surface area contributed by atoms with E-state index in [4.69, 9.17) is 10.2 Å². The fraction of sp³-hybridized carbons (Fsp3) is 0.455. The third-order valence-electron chi connectivity index (χ3n) is 2.24. The highest BCUT2D eigenvalue weighted by molar-refractivity contribution is 5.33. The zero-order chi connectivity index (χ0) is 12.0. The summed E-state index contributed by atoms with van der Waals surface area (Å²) >= 11 is 0. The van der Waals surface area contributed by atoms with Crippen molar-refractivity contribution >= 4 is 5.95 Å². The quantitative estimate of drug-likeness (QED) is 0.677. The molecule has 1 aromatic rings. The van der Waals surface area contributed by atoms with Gasteiger partial charge in [0.25, 0.3) is 0 Å². The molecule has 0 unspecified atom stereocenters. The third-order valence-corrected chi connectivity index (χ3v) is 2.24. The van der Waals surface area contributed by atoms with Gasteiger partial charge in [0, 0.05) is 30.5 Å². The molecule has 0 saturated heterocycles. The van der Waals surface area contributed by atoms with Crippen LogP contribution in [0.5, 0.6) is 0 Å². The topological polar surface area (TPSA) is 69.5 Å². The van der Waals surface area contributed by atoms with E-state index >= 15 is 0 Å². The number of anilines is 1. The van der Waals surface area contributed by atoms with Crippen molar-refractivity contribution in [3.63, 3.8) is 0 Å². The number of nitrogens with zero attached hydrogens (tertiary/aromatic N) is 3. The maximum atomic E-state index is 9.00. The van der Waals surface area contributed by atoms with Crippen LogP contribution in [0.2, 0.25) is 0 Å². The molecule has 0 aliphatic heterocycles. The van der Waals surface area contributed by atoms with Crippen molar-refractivity contribution in [3.05, 3.63) is 30.1 Å². The first kappa shape index (κ1) is 12.6. The zero-order valence-electron chi connectivity index (χ0n) is 9.43. The van der Waals surface area contributed by atoms with Gasteiger partial charge in [-0.15, -0.1) is 6.58 Å². The summed E-state index contributed by atoms with van der Waals surface area (Å²) in [6.45, 7) is 6.49. The highest BCUT2D eigenvalue weighted by atomic mass is 16.3. The van der Waals surface area contributed by atoms with Gasteiger partial charge in [0.2, 0.25) is 5.95 Å². The molecule has 0 bridgehead atoms. The van der Waals surface area contributed by atoms with Gasteiger partial charge in [0.05, 0.1) is 13.2 Å². The molecule has 0 saturated carbocycles. The van der Waals surface area contributed by atoms with E-state index in [1.54, 1.807) is 12.3 Å². The van der Waals surface area contributed by atoms with Gasteiger partial charge >= 0.3 is 0 Å². The van der Waals surface area contributed by atoms with Crippen LogP contribution in [0.15, 0.2) is 18.9 Å². The van der Waals surface area contributed by atoms with Crippen molar-refractivity contribution in [2.24, 2.45) is 0 Å². The highest BCUT2D eigenvalue weighted by Crippen LogP contribution is 2.10. The van der Waals surface area contributed by atoms with Crippen molar-refractivity contribution < 1.29 is 10.2 Å². The van der Waals surface area contributed by atoms with E-state index in [9.17, 15) is 0 Å². The van der Waals surface area contributed by atoms with Crippen LogP contribution in [0, 0.1) is 6.92 Å². The molecule has 5 heteroatoms. The Bertz CT molecular complexity index is 355. The summed E-state index contributed by atoms with van der Waals surface area (Å²) < 4.78 is 0. The lowest BCUT2D eigenvalue weighted by atomic mass is 10.2. The minimum Gasteiger partial charge on any atom is -0.395 e. The largest absolute Gasteiger partial charge is 0.395 e. The summed E-state index contributed by atoms with van der Waals surface area (Å²) in [5, 5.41) is 17.9. The Morgan fingerprint density at radius 1 is 1.50 bits per heavy atom. The molecule has 0 fully saturated rings. The van der Waals surface area contributed by atoms with Crippen molar-refractivity contribution in [2.45, 2.75) is 13.5 Å². The average molecular weight is 223 g/mol. The molecule has 0 aromatic carbocycles. The summed E-state index contributed by atoms with van der Waals surface area (Å²) in [7, 11) is 0. The van der Waals surface area contributed by atoms with E-state index in [2.05, 4.69) is 16.5 Å². The van der Waals surface area contributed by atoms with Gasteiger partial charge in [-0.2, -0.15) is 0 Å². The summed E-state index contributed by atoms with van der Waals surface area (Å²) in [6.07, 6.45) is 3.33. The number of aromatic nitrogens is 2. The smallest absolute Gasteiger partial charge is 0.225 e. The predicted octanol–water partition coefficient (Wildman–Crippen LogP) is 0.262. The Balaban J connectivity index is 2.91. The summed E-state index contributed by atoms with van der Waals surface area (Å²) in [4.78, 5) is 10.2. The van der Waals surface area contributed by atoms with Crippen molar-refractivity contribution in [1.29, 1.82) is 0 Å². The van der Waals surface area contributed by atoms with Crippen LogP contribution in [0.4, 0.5) is 5.95 Å². The van der Waals surface area contributed by atoms with Gasteiger partial charge in [-0.1, -0.05) is 6.08 Å². The van der Waals surface area contributed by atoms with Crippen LogP contribution in [0.25, 0.3) is 0 Å². The van der Waals surface area contributed by atoms with Crippen LogP contribution < -0.4 is 4.90 Å². The first-order valence-corrected chi connectivity index (χ1v) is 5.13. The van der Waals surface area contributed by atoms with Crippen molar-refractivity contribution in [3.8, 4) is 0 Å². The van der Waals surface area contributed by atoms with Gasteiger partial charge in [-0.3, -0.25) is 0 Å². The number of rotatable bonds is 6. The molecule has 0 aliphatic carbocycles. The van der Waals surface area contributed by atoms with E-state index in [0.29, 0.717) is 24.6 Å². The van der Waals surface area contributed by atoms with Gasteiger partial charge < -0.3 is 15.1 Å². The van der Waals surface area contributed by atoms with Crippen LogP contribution >= 0.6 is 0 Å². The predicted molar refractivity (Wildman–Crippen MR) is 62.2 cm³/mol. The summed E-state index contributed by atoms with van der Waals surface area (Å²) in [5.41, 5.74) is 1.46. The fourth-order valence-electron chi connectivity index (χ4n) is 1.34. The molecular weight excluding hydrogens is 206 g/mol. The lowest BCUT2D eigenvalue weighted by molar-refractivity contribution is 0.280. The number of aliphatic hydroxyl groups excluding tert-OH is 2. The molecule has 1 aromatic heterocycles.